The summed E-state index contributed by atoms with van der Waals surface area (Å²) < 4.78 is 15.4. The van der Waals surface area contributed by atoms with Gasteiger partial charge in [0.15, 0.2) is 11.5 Å². The molecular formula is C14H19NO4. The molecule has 0 saturated heterocycles. The summed E-state index contributed by atoms with van der Waals surface area (Å²) in [6.07, 6.45) is 1.71. The van der Waals surface area contributed by atoms with Gasteiger partial charge in [0.25, 0.3) is 6.47 Å². The number of carbonyl (C=O) groups is 1. The summed E-state index contributed by atoms with van der Waals surface area (Å²) in [4.78, 5) is 10.2. The van der Waals surface area contributed by atoms with Gasteiger partial charge in [-0.15, -0.1) is 0 Å². The fraction of sp³-hybridized carbons (Fsp3) is 0.500. The van der Waals surface area contributed by atoms with Crippen molar-refractivity contribution in [1.29, 1.82) is 0 Å². The second-order valence-corrected chi connectivity index (χ2v) is 4.42. The highest BCUT2D eigenvalue weighted by Gasteiger charge is 2.22. The predicted molar refractivity (Wildman–Crippen MR) is 70.6 cm³/mol. The monoisotopic (exact) mass is 265 g/mol. The molecular weight excluding hydrogens is 246 g/mol. The molecule has 1 aliphatic heterocycles. The first-order valence-electron chi connectivity index (χ1n) is 6.33. The quantitative estimate of drug-likeness (QED) is 0.623. The molecule has 104 valence electrons. The molecule has 1 atom stereocenters. The zero-order chi connectivity index (χ0) is 13.7. The molecule has 0 bridgehead atoms. The lowest BCUT2D eigenvalue weighted by molar-refractivity contribution is -0.128. The molecule has 1 aromatic rings. The number of benzene rings is 1. The first-order valence-corrected chi connectivity index (χ1v) is 6.33. The van der Waals surface area contributed by atoms with Crippen LogP contribution in [0.5, 0.6) is 11.5 Å². The lowest BCUT2D eigenvalue weighted by Crippen LogP contribution is -2.30. The molecule has 19 heavy (non-hydrogen) atoms. The Morgan fingerprint density at radius 1 is 1.32 bits per heavy atom. The maximum Gasteiger partial charge on any atom is 0.293 e. The fourth-order valence-electron chi connectivity index (χ4n) is 2.46. The van der Waals surface area contributed by atoms with Crippen molar-refractivity contribution in [1.82, 2.24) is 5.32 Å². The topological polar surface area (TPSA) is 56.8 Å². The number of hydrogen-bond donors (Lipinski definition) is 1. The molecule has 5 nitrogen and oxygen atoms in total. The van der Waals surface area contributed by atoms with Crippen LogP contribution in [0.15, 0.2) is 12.1 Å². The summed E-state index contributed by atoms with van der Waals surface area (Å²) in [5.41, 5.74) is 2.45. The molecule has 1 aliphatic rings. The normalized spacial score (nSPS) is 17.5. The largest absolute Gasteiger partial charge is 0.493 e. The maximum absolute atomic E-state index is 10.2. The third-order valence-electron chi connectivity index (χ3n) is 3.40. The van der Waals surface area contributed by atoms with Gasteiger partial charge < -0.3 is 19.5 Å². The number of methoxy groups -OCH3 is 2. The molecule has 0 fully saturated rings. The average Bonchev–Trinajstić information content (AvgIpc) is 2.46. The van der Waals surface area contributed by atoms with Gasteiger partial charge in [0, 0.05) is 12.5 Å². The van der Waals surface area contributed by atoms with Crippen LogP contribution in [-0.4, -0.2) is 33.8 Å². The van der Waals surface area contributed by atoms with E-state index in [1.165, 1.54) is 11.1 Å². The molecule has 0 spiro atoms. The van der Waals surface area contributed by atoms with Gasteiger partial charge in [-0.3, -0.25) is 4.79 Å². The standard InChI is InChI=1S/C14H19NO4/c1-17-13-7-10-3-5-15-12(4-6-19-9-16)11(10)8-14(13)18-2/h7-9,12,15H,3-6H2,1-2H3. The fourth-order valence-corrected chi connectivity index (χ4v) is 2.46. The number of fused-ring (bicyclic) bond motifs is 1. The van der Waals surface area contributed by atoms with Crippen molar-refractivity contribution in [2.45, 2.75) is 18.9 Å². The highest BCUT2D eigenvalue weighted by molar-refractivity contribution is 5.49. The smallest absolute Gasteiger partial charge is 0.293 e. The van der Waals surface area contributed by atoms with Crippen LogP contribution in [0.4, 0.5) is 0 Å². The van der Waals surface area contributed by atoms with E-state index in [0.29, 0.717) is 13.1 Å². The number of hydrogen-bond acceptors (Lipinski definition) is 5. The lowest BCUT2D eigenvalue weighted by Gasteiger charge is -2.27. The van der Waals surface area contributed by atoms with E-state index in [9.17, 15) is 4.79 Å². The summed E-state index contributed by atoms with van der Waals surface area (Å²) >= 11 is 0. The minimum Gasteiger partial charge on any atom is -0.493 e. The first kappa shape index (κ1) is 13.7. The Morgan fingerprint density at radius 2 is 2.05 bits per heavy atom. The molecule has 0 aromatic heterocycles. The van der Waals surface area contributed by atoms with Crippen molar-refractivity contribution in [3.63, 3.8) is 0 Å². The highest BCUT2D eigenvalue weighted by Crippen LogP contribution is 2.35. The van der Waals surface area contributed by atoms with E-state index in [1.54, 1.807) is 14.2 Å². The van der Waals surface area contributed by atoms with Gasteiger partial charge in [-0.25, -0.2) is 0 Å². The third-order valence-corrected chi connectivity index (χ3v) is 3.40. The van der Waals surface area contributed by atoms with Gasteiger partial charge in [0.2, 0.25) is 0 Å². The predicted octanol–water partition coefficient (Wildman–Crippen LogP) is 1.45. The Hall–Kier alpha value is -1.75. The highest BCUT2D eigenvalue weighted by atomic mass is 16.5. The third kappa shape index (κ3) is 2.98. The van der Waals surface area contributed by atoms with Crippen LogP contribution in [0.1, 0.15) is 23.6 Å². The Kier molecular flexibility index (Phi) is 4.63. The van der Waals surface area contributed by atoms with Gasteiger partial charge in [-0.2, -0.15) is 0 Å². The van der Waals surface area contributed by atoms with E-state index in [0.717, 1.165) is 30.9 Å². The van der Waals surface area contributed by atoms with Gasteiger partial charge in [0.1, 0.15) is 0 Å². The number of carbonyl (C=O) groups excluding carboxylic acids is 1. The van der Waals surface area contributed by atoms with E-state index in [1.807, 2.05) is 12.1 Å². The maximum atomic E-state index is 10.2. The van der Waals surface area contributed by atoms with Crippen molar-refractivity contribution in [2.75, 3.05) is 27.4 Å². The van der Waals surface area contributed by atoms with E-state index < -0.39 is 0 Å². The Bertz CT molecular complexity index is 447. The molecule has 0 saturated carbocycles. The summed E-state index contributed by atoms with van der Waals surface area (Å²) in [6, 6.07) is 4.22. The van der Waals surface area contributed by atoms with Crippen molar-refractivity contribution < 1.29 is 19.0 Å². The van der Waals surface area contributed by atoms with Gasteiger partial charge in [0.05, 0.1) is 20.8 Å². The van der Waals surface area contributed by atoms with E-state index in [2.05, 4.69) is 5.32 Å². The Morgan fingerprint density at radius 3 is 2.74 bits per heavy atom. The Labute approximate surface area is 112 Å². The zero-order valence-electron chi connectivity index (χ0n) is 11.3. The van der Waals surface area contributed by atoms with E-state index in [-0.39, 0.29) is 6.04 Å². The van der Waals surface area contributed by atoms with Crippen LogP contribution < -0.4 is 14.8 Å². The van der Waals surface area contributed by atoms with E-state index in [4.69, 9.17) is 14.2 Å². The summed E-state index contributed by atoms with van der Waals surface area (Å²) in [5, 5.41) is 3.43. The van der Waals surface area contributed by atoms with Crippen molar-refractivity contribution in [3.8, 4) is 11.5 Å². The SMILES string of the molecule is COc1cc2c(cc1OC)C(CCOC=O)NCC2. The van der Waals surface area contributed by atoms with Crippen molar-refractivity contribution >= 4 is 6.47 Å². The van der Waals surface area contributed by atoms with Gasteiger partial charge in [-0.05, 0) is 36.2 Å². The summed E-state index contributed by atoms with van der Waals surface area (Å²) in [7, 11) is 3.27. The van der Waals surface area contributed by atoms with Crippen LogP contribution in [0.25, 0.3) is 0 Å². The van der Waals surface area contributed by atoms with Gasteiger partial charge >= 0.3 is 0 Å². The summed E-state index contributed by atoms with van der Waals surface area (Å²) in [6.45, 7) is 1.81. The molecule has 1 unspecified atom stereocenters. The van der Waals surface area contributed by atoms with Crippen LogP contribution >= 0.6 is 0 Å². The van der Waals surface area contributed by atoms with Crippen LogP contribution in [0.3, 0.4) is 0 Å². The second kappa shape index (κ2) is 6.43. The zero-order valence-corrected chi connectivity index (χ0v) is 11.3. The lowest BCUT2D eigenvalue weighted by atomic mass is 9.92. The minimum absolute atomic E-state index is 0.184. The first-order chi connectivity index (χ1) is 9.30. The molecule has 0 amide bonds. The van der Waals surface area contributed by atoms with Gasteiger partial charge in [-0.1, -0.05) is 0 Å². The second-order valence-electron chi connectivity index (χ2n) is 4.42. The Balaban J connectivity index is 2.24. The molecule has 0 aliphatic carbocycles. The summed E-state index contributed by atoms with van der Waals surface area (Å²) in [5.74, 6) is 1.48. The molecule has 5 heteroatoms. The van der Waals surface area contributed by atoms with Crippen molar-refractivity contribution in [3.05, 3.63) is 23.3 Å². The molecule has 1 N–H and O–H groups in total. The van der Waals surface area contributed by atoms with E-state index >= 15 is 0 Å². The average molecular weight is 265 g/mol. The minimum atomic E-state index is 0.184. The molecule has 0 radical (unpaired) electrons. The number of ether oxygens (including phenoxy) is 3. The molecule has 2 rings (SSSR count). The number of nitrogens with one attached hydrogen (secondary N) is 1. The van der Waals surface area contributed by atoms with Crippen molar-refractivity contribution in [2.24, 2.45) is 0 Å². The molecule has 1 heterocycles. The molecule has 1 aromatic carbocycles. The number of rotatable bonds is 6. The van der Waals surface area contributed by atoms with Crippen LogP contribution in [-0.2, 0) is 16.0 Å². The van der Waals surface area contributed by atoms with Crippen LogP contribution in [0.2, 0.25) is 0 Å². The van der Waals surface area contributed by atoms with Crippen LogP contribution in [0, 0.1) is 0 Å².